The van der Waals surface area contributed by atoms with Gasteiger partial charge in [0.05, 0.1) is 6.54 Å². The summed E-state index contributed by atoms with van der Waals surface area (Å²) in [4.78, 5) is 0. The normalized spacial score (nSPS) is 19.7. The van der Waals surface area contributed by atoms with Crippen molar-refractivity contribution in [1.29, 1.82) is 0 Å². The van der Waals surface area contributed by atoms with Gasteiger partial charge in [0.2, 0.25) is 0 Å². The van der Waals surface area contributed by atoms with E-state index in [1.165, 1.54) is 42.5 Å². The van der Waals surface area contributed by atoms with Crippen molar-refractivity contribution >= 4 is 0 Å². The maximum atomic E-state index is 2.51. The molecule has 0 unspecified atom stereocenters. The molecule has 0 saturated carbocycles. The van der Waals surface area contributed by atoms with E-state index in [1.54, 1.807) is 0 Å². The predicted octanol–water partition coefficient (Wildman–Crippen LogP) is 3.14. The molecule has 1 fully saturated rings. The SMILES string of the molecule is c1ccc(-c2ccccc2[C@@H]2CCCC[NH2+]2)cc1. The molecule has 1 nitrogen and oxygen atoms in total. The predicted molar refractivity (Wildman–Crippen MR) is 75.3 cm³/mol. The first-order chi connectivity index (χ1) is 8.95. The molecular weight excluding hydrogens is 218 g/mol. The van der Waals surface area contributed by atoms with Crippen LogP contribution in [-0.2, 0) is 0 Å². The van der Waals surface area contributed by atoms with Crippen LogP contribution in [0.2, 0.25) is 0 Å². The van der Waals surface area contributed by atoms with Gasteiger partial charge in [-0.2, -0.15) is 0 Å². The summed E-state index contributed by atoms with van der Waals surface area (Å²) in [7, 11) is 0. The molecule has 1 heteroatoms. The van der Waals surface area contributed by atoms with Gasteiger partial charge in [-0.05, 0) is 24.0 Å². The zero-order valence-electron chi connectivity index (χ0n) is 10.7. The maximum absolute atomic E-state index is 2.51. The number of rotatable bonds is 2. The second-order valence-corrected chi connectivity index (χ2v) is 5.08. The topological polar surface area (TPSA) is 16.6 Å². The highest BCUT2D eigenvalue weighted by atomic mass is 14.9. The Hall–Kier alpha value is -1.60. The van der Waals surface area contributed by atoms with Gasteiger partial charge in [-0.1, -0.05) is 54.6 Å². The molecule has 2 N–H and O–H groups in total. The molecule has 0 spiro atoms. The van der Waals surface area contributed by atoms with Gasteiger partial charge in [0, 0.05) is 12.0 Å². The highest BCUT2D eigenvalue weighted by Gasteiger charge is 2.21. The summed E-state index contributed by atoms with van der Waals surface area (Å²) in [6, 6.07) is 20.3. The summed E-state index contributed by atoms with van der Waals surface area (Å²) in [5.41, 5.74) is 4.25. The molecule has 1 aliphatic heterocycles. The Labute approximate surface area is 109 Å². The van der Waals surface area contributed by atoms with Crippen molar-refractivity contribution in [2.45, 2.75) is 25.3 Å². The molecular formula is C17H20N+. The summed E-state index contributed by atoms with van der Waals surface area (Å²) in [6.07, 6.45) is 4.04. The summed E-state index contributed by atoms with van der Waals surface area (Å²) >= 11 is 0. The lowest BCUT2D eigenvalue weighted by atomic mass is 9.90. The highest BCUT2D eigenvalue weighted by Crippen LogP contribution is 2.29. The van der Waals surface area contributed by atoms with Crippen LogP contribution >= 0.6 is 0 Å². The van der Waals surface area contributed by atoms with Crippen molar-refractivity contribution in [3.63, 3.8) is 0 Å². The maximum Gasteiger partial charge on any atom is 0.112 e. The lowest BCUT2D eigenvalue weighted by Crippen LogP contribution is -2.86. The van der Waals surface area contributed by atoms with Crippen molar-refractivity contribution in [2.24, 2.45) is 0 Å². The molecule has 0 bridgehead atoms. The number of nitrogens with two attached hydrogens (primary N) is 1. The number of benzene rings is 2. The Morgan fingerprint density at radius 3 is 2.39 bits per heavy atom. The minimum Gasteiger partial charge on any atom is -0.340 e. The fourth-order valence-electron chi connectivity index (χ4n) is 2.93. The van der Waals surface area contributed by atoms with Gasteiger partial charge in [0.15, 0.2) is 0 Å². The Morgan fingerprint density at radius 1 is 0.833 bits per heavy atom. The summed E-state index contributed by atoms with van der Waals surface area (Å²) in [5, 5.41) is 2.51. The number of quaternary nitrogens is 1. The third kappa shape index (κ3) is 2.32. The van der Waals surface area contributed by atoms with Crippen molar-refractivity contribution in [3.8, 4) is 11.1 Å². The Morgan fingerprint density at radius 2 is 1.61 bits per heavy atom. The van der Waals surface area contributed by atoms with E-state index in [4.69, 9.17) is 0 Å². The number of hydrogen-bond acceptors (Lipinski definition) is 0. The third-order valence-electron chi connectivity index (χ3n) is 3.87. The molecule has 1 atom stereocenters. The fourth-order valence-corrected chi connectivity index (χ4v) is 2.93. The van der Waals surface area contributed by atoms with E-state index >= 15 is 0 Å². The van der Waals surface area contributed by atoms with Crippen LogP contribution in [0.5, 0.6) is 0 Å². The van der Waals surface area contributed by atoms with Gasteiger partial charge in [0.1, 0.15) is 6.04 Å². The molecule has 1 heterocycles. The van der Waals surface area contributed by atoms with E-state index in [9.17, 15) is 0 Å². The van der Waals surface area contributed by atoms with Gasteiger partial charge < -0.3 is 5.32 Å². The highest BCUT2D eigenvalue weighted by molar-refractivity contribution is 5.67. The molecule has 0 aromatic heterocycles. The standard InChI is InChI=1S/C17H19N/c1-2-8-14(9-3-1)15-10-4-5-11-16(15)17-12-6-7-13-18-17/h1-5,8-11,17-18H,6-7,12-13H2/p+1/t17-/m0/s1. The molecule has 0 amide bonds. The molecule has 0 radical (unpaired) electrons. The van der Waals surface area contributed by atoms with E-state index in [0.29, 0.717) is 6.04 Å². The molecule has 2 aromatic rings. The van der Waals surface area contributed by atoms with Crippen LogP contribution in [0.25, 0.3) is 11.1 Å². The number of piperidine rings is 1. The van der Waals surface area contributed by atoms with Gasteiger partial charge in [-0.3, -0.25) is 0 Å². The fraction of sp³-hybridized carbons (Fsp3) is 0.294. The number of hydrogen-bond donors (Lipinski definition) is 1. The van der Waals surface area contributed by atoms with Crippen LogP contribution in [0.3, 0.4) is 0 Å². The lowest BCUT2D eigenvalue weighted by molar-refractivity contribution is -0.704. The van der Waals surface area contributed by atoms with Crippen molar-refractivity contribution < 1.29 is 5.32 Å². The van der Waals surface area contributed by atoms with Crippen LogP contribution in [0.4, 0.5) is 0 Å². The summed E-state index contributed by atoms with van der Waals surface area (Å²) in [5.74, 6) is 0. The van der Waals surface area contributed by atoms with Crippen molar-refractivity contribution in [3.05, 3.63) is 60.2 Å². The van der Waals surface area contributed by atoms with E-state index < -0.39 is 0 Å². The second kappa shape index (κ2) is 5.36. The zero-order chi connectivity index (χ0) is 12.2. The second-order valence-electron chi connectivity index (χ2n) is 5.08. The summed E-state index contributed by atoms with van der Waals surface area (Å²) < 4.78 is 0. The largest absolute Gasteiger partial charge is 0.340 e. The first-order valence-corrected chi connectivity index (χ1v) is 6.93. The zero-order valence-corrected chi connectivity index (χ0v) is 10.7. The van der Waals surface area contributed by atoms with Gasteiger partial charge in [-0.25, -0.2) is 0 Å². The Bertz CT molecular complexity index is 498. The van der Waals surface area contributed by atoms with E-state index in [2.05, 4.69) is 59.9 Å². The van der Waals surface area contributed by atoms with Gasteiger partial charge >= 0.3 is 0 Å². The van der Waals surface area contributed by atoms with Crippen LogP contribution in [0.15, 0.2) is 54.6 Å². The van der Waals surface area contributed by atoms with Crippen LogP contribution in [0, 0.1) is 0 Å². The molecule has 1 saturated heterocycles. The molecule has 18 heavy (non-hydrogen) atoms. The molecule has 3 rings (SSSR count). The van der Waals surface area contributed by atoms with Crippen LogP contribution < -0.4 is 5.32 Å². The molecule has 0 aliphatic carbocycles. The quantitative estimate of drug-likeness (QED) is 0.827. The van der Waals surface area contributed by atoms with E-state index in [1.807, 2.05) is 0 Å². The van der Waals surface area contributed by atoms with Gasteiger partial charge in [-0.15, -0.1) is 0 Å². The minimum absolute atomic E-state index is 0.648. The monoisotopic (exact) mass is 238 g/mol. The Balaban J connectivity index is 1.99. The first kappa shape index (κ1) is 11.5. The summed E-state index contributed by atoms with van der Waals surface area (Å²) in [6.45, 7) is 1.27. The first-order valence-electron chi connectivity index (χ1n) is 6.93. The lowest BCUT2D eigenvalue weighted by Gasteiger charge is -2.22. The van der Waals surface area contributed by atoms with Crippen molar-refractivity contribution in [1.82, 2.24) is 0 Å². The Kier molecular flexibility index (Phi) is 3.42. The molecule has 92 valence electrons. The molecule has 2 aromatic carbocycles. The van der Waals surface area contributed by atoms with Crippen LogP contribution in [0.1, 0.15) is 30.9 Å². The van der Waals surface area contributed by atoms with E-state index in [-0.39, 0.29) is 0 Å². The van der Waals surface area contributed by atoms with Crippen molar-refractivity contribution in [2.75, 3.05) is 6.54 Å². The smallest absolute Gasteiger partial charge is 0.112 e. The minimum atomic E-state index is 0.648. The third-order valence-corrected chi connectivity index (χ3v) is 3.87. The van der Waals surface area contributed by atoms with Crippen LogP contribution in [-0.4, -0.2) is 6.54 Å². The van der Waals surface area contributed by atoms with E-state index in [0.717, 1.165) is 0 Å². The average molecular weight is 238 g/mol. The molecule has 1 aliphatic rings. The average Bonchev–Trinajstić information content (AvgIpc) is 2.49. The van der Waals surface area contributed by atoms with Gasteiger partial charge in [0.25, 0.3) is 0 Å².